The molecule has 5 amide bonds. The Hall–Kier alpha value is -5.05. The molecule has 3 saturated heterocycles. The quantitative estimate of drug-likeness (QED) is 0.311. The molecule has 1 atom stereocenters. The second-order valence-electron chi connectivity index (χ2n) is 14.5. The van der Waals surface area contributed by atoms with Crippen LogP contribution in [0.5, 0.6) is 5.75 Å². The summed E-state index contributed by atoms with van der Waals surface area (Å²) in [5.41, 5.74) is 3.07. The number of piperazine rings is 1. The molecule has 0 spiro atoms. The van der Waals surface area contributed by atoms with Crippen molar-refractivity contribution in [1.29, 1.82) is 0 Å². The van der Waals surface area contributed by atoms with Crippen molar-refractivity contribution in [1.82, 2.24) is 24.5 Å². The number of piperidine rings is 2. The van der Waals surface area contributed by atoms with Crippen LogP contribution in [0.2, 0.25) is 0 Å². The second kappa shape index (κ2) is 17.4. The van der Waals surface area contributed by atoms with Crippen molar-refractivity contribution < 1.29 is 38.9 Å². The van der Waals surface area contributed by atoms with Gasteiger partial charge in [0.05, 0.1) is 6.42 Å². The van der Waals surface area contributed by atoms with E-state index in [1.807, 2.05) is 29.2 Å². The van der Waals surface area contributed by atoms with Crippen molar-refractivity contribution in [3.63, 3.8) is 0 Å². The molecule has 15 heteroatoms. The minimum Gasteiger partial charge on any atom is -0.508 e. The van der Waals surface area contributed by atoms with Crippen LogP contribution in [0.25, 0.3) is 6.08 Å². The van der Waals surface area contributed by atoms with Crippen molar-refractivity contribution >= 4 is 55.0 Å². The second-order valence-corrected chi connectivity index (χ2v) is 14.5. The number of aromatic hydroxyl groups is 1. The van der Waals surface area contributed by atoms with E-state index in [1.165, 1.54) is 6.08 Å². The lowest BCUT2D eigenvalue weighted by atomic mass is 9.89. The number of carbonyl (C=O) groups is 5. The SMILES string of the molecule is [B]c1cc(C[C@@H](OC(=O)N2CCC(N3CCc4ccccc4NC3=O)CC2)C(=O)N2CCC(N3CCN(C(=O)CCC(=O)O)CC3)CC2)cc(C=C)c1O. The number of likely N-dealkylation sites (tertiary alicyclic amines) is 2. The standard InChI is InChI=1S/C39H49BN6O8/c1-2-27-23-26(24-31(40)36(27)50)25-33(37(51)44-14-10-29(11-15-44)42-19-21-43(22-20-42)34(47)7-8-35(48)49)54-39(53)45-16-12-30(13-17-45)46-18-9-28-5-3-4-6-32(28)41-38(46)52/h2-6,23-24,29-30,33,50H,1,7-22,25H2,(H,41,52)(H,48,49)/t33-/m1/s1. The molecular weight excluding hydrogens is 691 g/mol. The van der Waals surface area contributed by atoms with E-state index in [9.17, 15) is 29.1 Å². The van der Waals surface area contributed by atoms with Gasteiger partial charge in [0.1, 0.15) is 13.6 Å². The van der Waals surface area contributed by atoms with Gasteiger partial charge in [0.15, 0.2) is 6.10 Å². The zero-order valence-corrected chi connectivity index (χ0v) is 30.7. The average Bonchev–Trinajstić information content (AvgIpc) is 3.35. The van der Waals surface area contributed by atoms with Gasteiger partial charge in [-0.15, -0.1) is 0 Å². The van der Waals surface area contributed by atoms with Gasteiger partial charge in [0.25, 0.3) is 5.91 Å². The molecule has 4 aliphatic rings. The van der Waals surface area contributed by atoms with Crippen LogP contribution < -0.4 is 10.8 Å². The topological polar surface area (TPSA) is 163 Å². The van der Waals surface area contributed by atoms with Gasteiger partial charge in [-0.25, -0.2) is 9.59 Å². The van der Waals surface area contributed by atoms with Crippen molar-refractivity contribution in [2.75, 3.05) is 64.2 Å². The van der Waals surface area contributed by atoms with Gasteiger partial charge < -0.3 is 39.9 Å². The number of carboxylic acid groups (broad SMARTS) is 1. The summed E-state index contributed by atoms with van der Waals surface area (Å²) in [4.78, 5) is 73.5. The van der Waals surface area contributed by atoms with Crippen molar-refractivity contribution in [2.45, 2.75) is 69.6 Å². The largest absolute Gasteiger partial charge is 0.508 e. The third-order valence-electron chi connectivity index (χ3n) is 11.2. The number of phenolic OH excluding ortho intramolecular Hbond substituents is 1. The average molecular weight is 741 g/mol. The summed E-state index contributed by atoms with van der Waals surface area (Å²) in [6.07, 6.45) is 2.94. The molecular formula is C39H49BN6O8. The van der Waals surface area contributed by atoms with Crippen LogP contribution in [0.15, 0.2) is 43.0 Å². The summed E-state index contributed by atoms with van der Waals surface area (Å²) >= 11 is 0. The van der Waals surface area contributed by atoms with E-state index in [4.69, 9.17) is 17.7 Å². The number of para-hydroxylation sites is 1. The number of hydrogen-bond donors (Lipinski definition) is 3. The van der Waals surface area contributed by atoms with Gasteiger partial charge in [-0.1, -0.05) is 42.4 Å². The monoisotopic (exact) mass is 740 g/mol. The maximum atomic E-state index is 14.1. The van der Waals surface area contributed by atoms with Crippen molar-refractivity contribution in [3.05, 3.63) is 59.7 Å². The zero-order valence-electron chi connectivity index (χ0n) is 30.7. The Morgan fingerprint density at radius 2 is 1.56 bits per heavy atom. The predicted molar refractivity (Wildman–Crippen MR) is 203 cm³/mol. The van der Waals surface area contributed by atoms with E-state index in [2.05, 4.69) is 16.8 Å². The molecule has 14 nitrogen and oxygen atoms in total. The smallest absolute Gasteiger partial charge is 0.410 e. The minimum atomic E-state index is -1.14. The molecule has 4 aliphatic heterocycles. The number of carbonyl (C=O) groups excluding carboxylic acids is 4. The number of hydrogen-bond acceptors (Lipinski definition) is 8. The Labute approximate surface area is 317 Å². The number of nitrogens with zero attached hydrogens (tertiary/aromatic N) is 5. The highest BCUT2D eigenvalue weighted by atomic mass is 16.6. The number of urea groups is 1. The van der Waals surface area contributed by atoms with E-state index in [0.717, 1.165) is 30.5 Å². The number of ether oxygens (including phenoxy) is 1. The zero-order chi connectivity index (χ0) is 38.4. The lowest BCUT2D eigenvalue weighted by molar-refractivity contribution is -0.143. The van der Waals surface area contributed by atoms with Crippen LogP contribution in [-0.2, 0) is 32.0 Å². The first-order valence-electron chi connectivity index (χ1n) is 18.9. The third kappa shape index (κ3) is 9.18. The molecule has 2 aromatic carbocycles. The highest BCUT2D eigenvalue weighted by Crippen LogP contribution is 2.26. The molecule has 2 radical (unpaired) electrons. The Morgan fingerprint density at radius 3 is 2.24 bits per heavy atom. The van der Waals surface area contributed by atoms with Crippen LogP contribution in [0.1, 0.15) is 55.2 Å². The molecule has 54 heavy (non-hydrogen) atoms. The fraction of sp³-hybridized carbons (Fsp3) is 0.513. The number of carboxylic acids is 1. The Morgan fingerprint density at radius 1 is 0.889 bits per heavy atom. The Balaban J connectivity index is 1.06. The maximum absolute atomic E-state index is 14.1. The molecule has 3 N–H and O–H groups in total. The number of rotatable bonds is 10. The maximum Gasteiger partial charge on any atom is 0.410 e. The summed E-state index contributed by atoms with van der Waals surface area (Å²) in [7, 11) is 6.08. The van der Waals surface area contributed by atoms with E-state index in [1.54, 1.807) is 26.8 Å². The van der Waals surface area contributed by atoms with Gasteiger partial charge in [-0.3, -0.25) is 19.3 Å². The summed E-state index contributed by atoms with van der Waals surface area (Å²) in [6, 6.07) is 11.1. The van der Waals surface area contributed by atoms with Gasteiger partial charge in [0, 0.05) is 95.1 Å². The van der Waals surface area contributed by atoms with Crippen molar-refractivity contribution in [2.24, 2.45) is 0 Å². The number of aliphatic carboxylic acids is 1. The first-order valence-corrected chi connectivity index (χ1v) is 18.9. The highest BCUT2D eigenvalue weighted by Gasteiger charge is 2.37. The lowest BCUT2D eigenvalue weighted by Gasteiger charge is -2.43. The number of benzene rings is 2. The minimum absolute atomic E-state index is 0.00152. The molecule has 3 fully saturated rings. The molecule has 4 heterocycles. The number of phenols is 1. The summed E-state index contributed by atoms with van der Waals surface area (Å²) in [6.45, 7) is 8.45. The predicted octanol–water partition coefficient (Wildman–Crippen LogP) is 2.43. The molecule has 286 valence electrons. The fourth-order valence-corrected chi connectivity index (χ4v) is 8.07. The summed E-state index contributed by atoms with van der Waals surface area (Å²) in [5, 5.41) is 22.3. The first-order chi connectivity index (χ1) is 26.0. The van der Waals surface area contributed by atoms with Gasteiger partial charge in [0.2, 0.25) is 5.91 Å². The van der Waals surface area contributed by atoms with Crippen LogP contribution in [0.3, 0.4) is 0 Å². The van der Waals surface area contributed by atoms with Crippen LogP contribution in [-0.4, -0.2) is 150 Å². The van der Waals surface area contributed by atoms with Crippen LogP contribution in [0.4, 0.5) is 15.3 Å². The summed E-state index contributed by atoms with van der Waals surface area (Å²) < 4.78 is 6.02. The molecule has 0 unspecified atom stereocenters. The fourth-order valence-electron chi connectivity index (χ4n) is 8.07. The lowest BCUT2D eigenvalue weighted by Crippen LogP contribution is -2.56. The third-order valence-corrected chi connectivity index (χ3v) is 11.2. The van der Waals surface area contributed by atoms with Gasteiger partial charge >= 0.3 is 18.1 Å². The number of amides is 5. The first kappa shape index (κ1) is 38.7. The molecule has 6 rings (SSSR count). The van der Waals surface area contributed by atoms with Gasteiger partial charge in [-0.05, 0) is 55.4 Å². The normalized spacial score (nSPS) is 19.4. The van der Waals surface area contributed by atoms with Crippen molar-refractivity contribution in [3.8, 4) is 5.75 Å². The molecule has 0 aliphatic carbocycles. The summed E-state index contributed by atoms with van der Waals surface area (Å²) in [5.74, 6) is -1.54. The van der Waals surface area contributed by atoms with E-state index >= 15 is 0 Å². The Bertz CT molecular complexity index is 1730. The van der Waals surface area contributed by atoms with Gasteiger partial charge in [-0.2, -0.15) is 0 Å². The number of nitrogens with one attached hydrogen (secondary N) is 1. The van der Waals surface area contributed by atoms with E-state index < -0.39 is 18.2 Å². The van der Waals surface area contributed by atoms with Crippen LogP contribution >= 0.6 is 0 Å². The van der Waals surface area contributed by atoms with E-state index in [0.29, 0.717) is 82.9 Å². The molecule has 0 aromatic heterocycles. The molecule has 0 bridgehead atoms. The Kier molecular flexibility index (Phi) is 12.5. The number of anilines is 1. The van der Waals surface area contributed by atoms with E-state index in [-0.39, 0.29) is 60.4 Å². The molecule has 2 aromatic rings. The number of fused-ring (bicyclic) bond motifs is 1. The van der Waals surface area contributed by atoms with Crippen LogP contribution in [0, 0.1) is 0 Å². The molecule has 0 saturated carbocycles. The highest BCUT2D eigenvalue weighted by molar-refractivity contribution is 6.34.